The van der Waals surface area contributed by atoms with Gasteiger partial charge in [-0.3, -0.25) is 4.79 Å². The van der Waals surface area contributed by atoms with Crippen molar-refractivity contribution < 1.29 is 9.18 Å². The molecule has 116 valence electrons. The number of rotatable bonds is 3. The van der Waals surface area contributed by atoms with Gasteiger partial charge in [0.15, 0.2) is 0 Å². The average molecular weight is 333 g/mol. The predicted octanol–water partition coefficient (Wildman–Crippen LogP) is 3.76. The summed E-state index contributed by atoms with van der Waals surface area (Å²) < 4.78 is 13.6. The highest BCUT2D eigenvalue weighted by atomic mass is 35.5. The maximum Gasteiger partial charge on any atom is 0.224 e. The summed E-state index contributed by atoms with van der Waals surface area (Å²) in [6.45, 7) is 0. The molecule has 2 heterocycles. The van der Waals surface area contributed by atoms with Gasteiger partial charge in [0.05, 0.1) is 5.69 Å². The SMILES string of the molecule is Cl.O=C(CC1CC2CCC(C1)N2)Nc1ccc(Cl)cc1F. The number of benzene rings is 1. The summed E-state index contributed by atoms with van der Waals surface area (Å²) in [4.78, 5) is 12.0. The van der Waals surface area contributed by atoms with E-state index in [4.69, 9.17) is 11.6 Å². The van der Waals surface area contributed by atoms with E-state index < -0.39 is 5.82 Å². The van der Waals surface area contributed by atoms with Gasteiger partial charge in [-0.05, 0) is 49.8 Å². The van der Waals surface area contributed by atoms with Gasteiger partial charge in [-0.15, -0.1) is 12.4 Å². The summed E-state index contributed by atoms with van der Waals surface area (Å²) in [5.74, 6) is -0.196. The van der Waals surface area contributed by atoms with Crippen molar-refractivity contribution in [3.63, 3.8) is 0 Å². The van der Waals surface area contributed by atoms with E-state index >= 15 is 0 Å². The van der Waals surface area contributed by atoms with Crippen molar-refractivity contribution in [2.24, 2.45) is 5.92 Å². The molecule has 2 aliphatic heterocycles. The van der Waals surface area contributed by atoms with Gasteiger partial charge in [-0.25, -0.2) is 4.39 Å². The molecule has 2 aliphatic rings. The van der Waals surface area contributed by atoms with Crippen LogP contribution in [0.1, 0.15) is 32.1 Å². The van der Waals surface area contributed by atoms with Crippen LogP contribution in [0.5, 0.6) is 0 Å². The lowest BCUT2D eigenvalue weighted by Gasteiger charge is -2.28. The number of carbonyl (C=O) groups is 1. The molecule has 0 aromatic heterocycles. The van der Waals surface area contributed by atoms with Crippen LogP contribution in [0.4, 0.5) is 10.1 Å². The Morgan fingerprint density at radius 1 is 1.33 bits per heavy atom. The lowest BCUT2D eigenvalue weighted by Crippen LogP contribution is -2.39. The molecule has 2 bridgehead atoms. The molecule has 1 aromatic carbocycles. The first-order valence-electron chi connectivity index (χ1n) is 7.11. The fourth-order valence-electron chi connectivity index (χ4n) is 3.40. The molecular formula is C15H19Cl2FN2O. The van der Waals surface area contributed by atoms with Gasteiger partial charge >= 0.3 is 0 Å². The highest BCUT2D eigenvalue weighted by Crippen LogP contribution is 2.33. The van der Waals surface area contributed by atoms with Gasteiger partial charge in [0.25, 0.3) is 0 Å². The summed E-state index contributed by atoms with van der Waals surface area (Å²) in [5, 5.41) is 6.52. The molecule has 0 spiro atoms. The Morgan fingerprint density at radius 2 is 2.00 bits per heavy atom. The summed E-state index contributed by atoms with van der Waals surface area (Å²) in [6.07, 6.45) is 5.00. The van der Waals surface area contributed by atoms with E-state index in [-0.39, 0.29) is 24.0 Å². The average Bonchev–Trinajstić information content (AvgIpc) is 2.72. The molecule has 2 N–H and O–H groups in total. The molecule has 0 saturated carbocycles. The molecule has 6 heteroatoms. The number of hydrogen-bond acceptors (Lipinski definition) is 2. The maximum absolute atomic E-state index is 13.6. The standard InChI is InChI=1S/C15H18ClFN2O.ClH/c16-10-1-4-14(13(17)8-10)19-15(20)7-9-5-11-2-3-12(6-9)18-11;/h1,4,8-9,11-12,18H,2-3,5-7H2,(H,19,20);1H. The van der Waals surface area contributed by atoms with Gasteiger partial charge < -0.3 is 10.6 Å². The Kier molecular flexibility index (Phi) is 5.47. The fraction of sp³-hybridized carbons (Fsp3) is 0.533. The Labute approximate surface area is 135 Å². The van der Waals surface area contributed by atoms with Gasteiger partial charge in [0.1, 0.15) is 5.82 Å². The minimum atomic E-state index is -0.490. The highest BCUT2D eigenvalue weighted by Gasteiger charge is 2.34. The van der Waals surface area contributed by atoms with Gasteiger partial charge in [0, 0.05) is 23.5 Å². The van der Waals surface area contributed by atoms with E-state index in [2.05, 4.69) is 10.6 Å². The number of amides is 1. The largest absolute Gasteiger partial charge is 0.324 e. The number of hydrogen-bond donors (Lipinski definition) is 2. The molecule has 2 unspecified atom stereocenters. The third kappa shape index (κ3) is 4.09. The number of nitrogens with one attached hydrogen (secondary N) is 2. The van der Waals surface area contributed by atoms with E-state index in [1.165, 1.54) is 25.0 Å². The van der Waals surface area contributed by atoms with Gasteiger partial charge in [-0.2, -0.15) is 0 Å². The molecule has 1 amide bonds. The number of fused-ring (bicyclic) bond motifs is 2. The van der Waals surface area contributed by atoms with Crippen molar-refractivity contribution in [3.8, 4) is 0 Å². The van der Waals surface area contributed by atoms with Crippen LogP contribution in [0.2, 0.25) is 5.02 Å². The number of piperidine rings is 1. The van der Waals surface area contributed by atoms with Crippen LogP contribution in [0.25, 0.3) is 0 Å². The third-order valence-corrected chi connectivity index (χ3v) is 4.49. The van der Waals surface area contributed by atoms with Crippen LogP contribution >= 0.6 is 24.0 Å². The maximum atomic E-state index is 13.6. The zero-order chi connectivity index (χ0) is 14.1. The van der Waals surface area contributed by atoms with Crippen molar-refractivity contribution in [1.29, 1.82) is 0 Å². The van der Waals surface area contributed by atoms with Crippen LogP contribution in [0.3, 0.4) is 0 Å². The number of halogens is 3. The van der Waals surface area contributed by atoms with Crippen LogP contribution < -0.4 is 10.6 Å². The molecule has 0 radical (unpaired) electrons. The molecule has 2 fully saturated rings. The summed E-state index contributed by atoms with van der Waals surface area (Å²) in [7, 11) is 0. The van der Waals surface area contributed by atoms with Crippen LogP contribution in [0, 0.1) is 11.7 Å². The van der Waals surface area contributed by atoms with Crippen LogP contribution in [-0.2, 0) is 4.79 Å². The second-order valence-corrected chi connectivity index (χ2v) is 6.29. The lowest BCUT2D eigenvalue weighted by molar-refractivity contribution is -0.117. The normalized spacial score (nSPS) is 27.0. The molecule has 0 aliphatic carbocycles. The third-order valence-electron chi connectivity index (χ3n) is 4.25. The van der Waals surface area contributed by atoms with Crippen LogP contribution in [-0.4, -0.2) is 18.0 Å². The first kappa shape index (κ1) is 16.5. The molecule has 21 heavy (non-hydrogen) atoms. The molecule has 3 rings (SSSR count). The Bertz CT molecular complexity index is 514. The minimum absolute atomic E-state index is 0. The summed E-state index contributed by atoms with van der Waals surface area (Å²) in [6, 6.07) is 5.42. The molecular weight excluding hydrogens is 314 g/mol. The first-order valence-corrected chi connectivity index (χ1v) is 7.49. The zero-order valence-electron chi connectivity index (χ0n) is 11.6. The smallest absolute Gasteiger partial charge is 0.224 e. The van der Waals surface area contributed by atoms with E-state index in [1.807, 2.05) is 0 Å². The number of carbonyl (C=O) groups excluding carboxylic acids is 1. The highest BCUT2D eigenvalue weighted by molar-refractivity contribution is 6.30. The fourth-order valence-corrected chi connectivity index (χ4v) is 3.55. The van der Waals surface area contributed by atoms with Gasteiger partial charge in [-0.1, -0.05) is 11.6 Å². The molecule has 2 atom stereocenters. The van der Waals surface area contributed by atoms with Crippen molar-refractivity contribution in [1.82, 2.24) is 5.32 Å². The quantitative estimate of drug-likeness (QED) is 0.884. The molecule has 2 saturated heterocycles. The summed E-state index contributed by atoms with van der Waals surface area (Å²) >= 11 is 5.69. The van der Waals surface area contributed by atoms with Gasteiger partial charge in [0.2, 0.25) is 5.91 Å². The lowest BCUT2D eigenvalue weighted by atomic mass is 9.89. The minimum Gasteiger partial charge on any atom is -0.324 e. The summed E-state index contributed by atoms with van der Waals surface area (Å²) in [5.41, 5.74) is 0.205. The first-order chi connectivity index (χ1) is 9.60. The Hall–Kier alpha value is -0.840. The van der Waals surface area contributed by atoms with E-state index in [0.29, 0.717) is 29.4 Å². The number of anilines is 1. The monoisotopic (exact) mass is 332 g/mol. The second-order valence-electron chi connectivity index (χ2n) is 5.85. The molecule has 1 aromatic rings. The Morgan fingerprint density at radius 3 is 2.62 bits per heavy atom. The second kappa shape index (κ2) is 6.95. The van der Waals surface area contributed by atoms with Crippen molar-refractivity contribution in [2.45, 2.75) is 44.2 Å². The van der Waals surface area contributed by atoms with E-state index in [9.17, 15) is 9.18 Å². The van der Waals surface area contributed by atoms with E-state index in [0.717, 1.165) is 12.8 Å². The predicted molar refractivity (Wildman–Crippen MR) is 84.6 cm³/mol. The zero-order valence-corrected chi connectivity index (χ0v) is 13.1. The van der Waals surface area contributed by atoms with Crippen molar-refractivity contribution in [2.75, 3.05) is 5.32 Å². The Balaban J connectivity index is 0.00000161. The molecule has 3 nitrogen and oxygen atoms in total. The van der Waals surface area contributed by atoms with E-state index in [1.54, 1.807) is 6.07 Å². The van der Waals surface area contributed by atoms with Crippen LogP contribution in [0.15, 0.2) is 18.2 Å². The van der Waals surface area contributed by atoms with Crippen molar-refractivity contribution >= 4 is 35.6 Å². The van der Waals surface area contributed by atoms with Crippen molar-refractivity contribution in [3.05, 3.63) is 29.0 Å². The topological polar surface area (TPSA) is 41.1 Å².